The maximum absolute atomic E-state index is 6.36. The molecule has 0 radical (unpaired) electrons. The molecule has 1 atom stereocenters. The zero-order valence-electron chi connectivity index (χ0n) is 11.0. The van der Waals surface area contributed by atoms with Crippen molar-refractivity contribution in [3.63, 3.8) is 0 Å². The Bertz CT molecular complexity index is 716. The summed E-state index contributed by atoms with van der Waals surface area (Å²) in [5, 5.41) is 0. The summed E-state index contributed by atoms with van der Waals surface area (Å²) in [5.74, 6) is 0. The summed E-state index contributed by atoms with van der Waals surface area (Å²) >= 11 is 0. The lowest BCUT2D eigenvalue weighted by Gasteiger charge is -2.12. The number of hydrogen-bond donors (Lipinski definition) is 1. The van der Waals surface area contributed by atoms with Crippen molar-refractivity contribution in [1.29, 1.82) is 0 Å². The standard InChI is InChI=1S/C15H16N4/c1-10-5-7-19-13(8-10)18-11(2)15(19)14(16)12-4-3-6-17-9-12/h3-9,14H,16H2,1-2H3. The summed E-state index contributed by atoms with van der Waals surface area (Å²) in [6.45, 7) is 4.05. The molecule has 3 aromatic heterocycles. The van der Waals surface area contributed by atoms with Gasteiger partial charge in [0.1, 0.15) is 5.65 Å². The second-order valence-corrected chi connectivity index (χ2v) is 4.78. The maximum atomic E-state index is 6.36. The highest BCUT2D eigenvalue weighted by Crippen LogP contribution is 2.23. The second kappa shape index (κ2) is 4.48. The van der Waals surface area contributed by atoms with Gasteiger partial charge in [0.15, 0.2) is 0 Å². The average Bonchev–Trinajstić information content (AvgIpc) is 2.74. The number of nitrogens with two attached hydrogens (primary N) is 1. The van der Waals surface area contributed by atoms with E-state index in [1.54, 1.807) is 12.4 Å². The van der Waals surface area contributed by atoms with Gasteiger partial charge < -0.3 is 10.1 Å². The van der Waals surface area contributed by atoms with Crippen LogP contribution in [0.4, 0.5) is 0 Å². The summed E-state index contributed by atoms with van der Waals surface area (Å²) in [5.41, 5.74) is 11.5. The molecule has 96 valence electrons. The van der Waals surface area contributed by atoms with Crippen molar-refractivity contribution in [3.05, 3.63) is 65.4 Å². The van der Waals surface area contributed by atoms with Crippen LogP contribution in [0.2, 0.25) is 0 Å². The van der Waals surface area contributed by atoms with Gasteiger partial charge in [-0.3, -0.25) is 4.98 Å². The fourth-order valence-corrected chi connectivity index (χ4v) is 2.38. The Hall–Kier alpha value is -2.20. The highest BCUT2D eigenvalue weighted by molar-refractivity contribution is 5.47. The average molecular weight is 252 g/mol. The smallest absolute Gasteiger partial charge is 0.137 e. The second-order valence-electron chi connectivity index (χ2n) is 4.78. The topological polar surface area (TPSA) is 56.2 Å². The van der Waals surface area contributed by atoms with Crippen molar-refractivity contribution in [2.75, 3.05) is 0 Å². The molecule has 0 saturated carbocycles. The van der Waals surface area contributed by atoms with E-state index in [2.05, 4.69) is 33.4 Å². The summed E-state index contributed by atoms with van der Waals surface area (Å²) in [6.07, 6.45) is 5.58. The van der Waals surface area contributed by atoms with Gasteiger partial charge in [-0.05, 0) is 43.2 Å². The van der Waals surface area contributed by atoms with E-state index >= 15 is 0 Å². The lowest BCUT2D eigenvalue weighted by atomic mass is 10.1. The largest absolute Gasteiger partial charge is 0.319 e. The van der Waals surface area contributed by atoms with Crippen molar-refractivity contribution >= 4 is 5.65 Å². The minimum absolute atomic E-state index is 0.216. The summed E-state index contributed by atoms with van der Waals surface area (Å²) in [6, 6.07) is 7.80. The van der Waals surface area contributed by atoms with Crippen LogP contribution in [0.25, 0.3) is 5.65 Å². The van der Waals surface area contributed by atoms with Gasteiger partial charge in [0.2, 0.25) is 0 Å². The first-order chi connectivity index (χ1) is 9.16. The first-order valence-electron chi connectivity index (χ1n) is 6.27. The highest BCUT2D eigenvalue weighted by atomic mass is 15.0. The lowest BCUT2D eigenvalue weighted by molar-refractivity contribution is 0.799. The molecule has 0 spiro atoms. The van der Waals surface area contributed by atoms with Crippen molar-refractivity contribution in [2.45, 2.75) is 19.9 Å². The molecule has 0 aliphatic carbocycles. The molecule has 2 N–H and O–H groups in total. The van der Waals surface area contributed by atoms with Gasteiger partial charge in [-0.15, -0.1) is 0 Å². The first-order valence-corrected chi connectivity index (χ1v) is 6.27. The van der Waals surface area contributed by atoms with E-state index in [1.807, 2.05) is 25.3 Å². The normalized spacial score (nSPS) is 12.8. The Balaban J connectivity index is 2.17. The molecule has 3 aromatic rings. The SMILES string of the molecule is Cc1ccn2c(C(N)c3cccnc3)c(C)nc2c1. The molecule has 0 aromatic carbocycles. The van der Waals surface area contributed by atoms with Crippen LogP contribution in [0.1, 0.15) is 28.6 Å². The molecule has 0 aliphatic heterocycles. The summed E-state index contributed by atoms with van der Waals surface area (Å²) < 4.78 is 2.06. The van der Waals surface area contributed by atoms with Crippen molar-refractivity contribution in [3.8, 4) is 0 Å². The molecule has 3 heterocycles. The molecule has 1 unspecified atom stereocenters. The van der Waals surface area contributed by atoms with Crippen molar-refractivity contribution in [1.82, 2.24) is 14.4 Å². The Morgan fingerprint density at radius 1 is 1.26 bits per heavy atom. The van der Waals surface area contributed by atoms with Crippen molar-refractivity contribution in [2.24, 2.45) is 5.73 Å². The van der Waals surface area contributed by atoms with Gasteiger partial charge in [-0.25, -0.2) is 4.98 Å². The number of imidazole rings is 1. The van der Waals surface area contributed by atoms with E-state index < -0.39 is 0 Å². The Morgan fingerprint density at radius 2 is 2.11 bits per heavy atom. The summed E-state index contributed by atoms with van der Waals surface area (Å²) in [7, 11) is 0. The van der Waals surface area contributed by atoms with Gasteiger partial charge in [-0.1, -0.05) is 6.07 Å². The Kier molecular flexibility index (Phi) is 2.80. The van der Waals surface area contributed by atoms with Gasteiger partial charge in [0.25, 0.3) is 0 Å². The van der Waals surface area contributed by atoms with Crippen LogP contribution in [0.15, 0.2) is 42.9 Å². The van der Waals surface area contributed by atoms with Crippen LogP contribution in [0.5, 0.6) is 0 Å². The maximum Gasteiger partial charge on any atom is 0.137 e. The van der Waals surface area contributed by atoms with E-state index in [-0.39, 0.29) is 6.04 Å². The molecular formula is C15H16N4. The monoisotopic (exact) mass is 252 g/mol. The highest BCUT2D eigenvalue weighted by Gasteiger charge is 2.17. The Morgan fingerprint density at radius 3 is 2.84 bits per heavy atom. The number of nitrogens with zero attached hydrogens (tertiary/aromatic N) is 3. The third-order valence-corrected chi connectivity index (χ3v) is 3.34. The lowest BCUT2D eigenvalue weighted by Crippen LogP contribution is -2.15. The number of rotatable bonds is 2. The zero-order chi connectivity index (χ0) is 13.4. The van der Waals surface area contributed by atoms with Gasteiger partial charge in [-0.2, -0.15) is 0 Å². The van der Waals surface area contributed by atoms with E-state index in [0.717, 1.165) is 22.6 Å². The number of hydrogen-bond acceptors (Lipinski definition) is 3. The van der Waals surface area contributed by atoms with Gasteiger partial charge in [0.05, 0.1) is 17.4 Å². The molecule has 0 bridgehead atoms. The molecule has 0 amide bonds. The summed E-state index contributed by atoms with van der Waals surface area (Å²) in [4.78, 5) is 8.71. The molecule has 4 nitrogen and oxygen atoms in total. The molecule has 3 rings (SSSR count). The van der Waals surface area contributed by atoms with Gasteiger partial charge in [0, 0.05) is 18.6 Å². The van der Waals surface area contributed by atoms with E-state index in [1.165, 1.54) is 5.56 Å². The first kappa shape index (κ1) is 11.9. The number of fused-ring (bicyclic) bond motifs is 1. The number of pyridine rings is 2. The van der Waals surface area contributed by atoms with E-state index in [4.69, 9.17) is 5.73 Å². The van der Waals surface area contributed by atoms with Crippen LogP contribution >= 0.6 is 0 Å². The minimum atomic E-state index is -0.216. The number of aryl methyl sites for hydroxylation is 2. The molecule has 0 aliphatic rings. The van der Waals surface area contributed by atoms with Crippen LogP contribution < -0.4 is 5.73 Å². The fourth-order valence-electron chi connectivity index (χ4n) is 2.38. The minimum Gasteiger partial charge on any atom is -0.319 e. The van der Waals surface area contributed by atoms with Crippen LogP contribution in [-0.4, -0.2) is 14.4 Å². The fraction of sp³-hybridized carbons (Fsp3) is 0.200. The predicted octanol–water partition coefficient (Wildman–Crippen LogP) is 2.39. The molecular weight excluding hydrogens is 236 g/mol. The van der Waals surface area contributed by atoms with Crippen molar-refractivity contribution < 1.29 is 0 Å². The van der Waals surface area contributed by atoms with E-state index in [0.29, 0.717) is 0 Å². The zero-order valence-corrected chi connectivity index (χ0v) is 11.0. The van der Waals surface area contributed by atoms with Crippen LogP contribution in [-0.2, 0) is 0 Å². The Labute approximate surface area is 111 Å². The third kappa shape index (κ3) is 2.00. The third-order valence-electron chi connectivity index (χ3n) is 3.34. The quantitative estimate of drug-likeness (QED) is 0.762. The number of aromatic nitrogens is 3. The van der Waals surface area contributed by atoms with Crippen LogP contribution in [0.3, 0.4) is 0 Å². The molecule has 19 heavy (non-hydrogen) atoms. The van der Waals surface area contributed by atoms with E-state index in [9.17, 15) is 0 Å². The predicted molar refractivity (Wildman–Crippen MR) is 74.9 cm³/mol. The van der Waals surface area contributed by atoms with Crippen LogP contribution in [0, 0.1) is 13.8 Å². The molecule has 4 heteroatoms. The molecule has 0 saturated heterocycles. The molecule has 0 fully saturated rings. The van der Waals surface area contributed by atoms with Gasteiger partial charge >= 0.3 is 0 Å².